The average molecular weight is 1360 g/mol. The first-order valence-electron chi connectivity index (χ1n) is 38.6. The lowest BCUT2D eigenvalue weighted by Gasteiger charge is -2.34. The van der Waals surface area contributed by atoms with Gasteiger partial charge in [-0.3, -0.25) is 9.59 Å². The molecule has 2 aliphatic heterocycles. The van der Waals surface area contributed by atoms with Gasteiger partial charge in [0, 0.05) is 53.3 Å². The van der Waals surface area contributed by atoms with Gasteiger partial charge in [-0.25, -0.2) is 0 Å². The highest BCUT2D eigenvalue weighted by atomic mass is 32.1. The molecule has 0 saturated heterocycles. The smallest absolute Gasteiger partial charge is 0.261 e. The van der Waals surface area contributed by atoms with E-state index in [1.165, 1.54) is 242 Å². The first-order valence-corrected chi connectivity index (χ1v) is 41.9. The summed E-state index contributed by atoms with van der Waals surface area (Å²) in [5.74, 6) is 0.761. The van der Waals surface area contributed by atoms with E-state index >= 15 is 9.59 Å². The van der Waals surface area contributed by atoms with Gasteiger partial charge in [0.1, 0.15) is 0 Å². The van der Waals surface area contributed by atoms with Crippen LogP contribution in [0.1, 0.15) is 326 Å². The number of thiophene rings is 4. The van der Waals surface area contributed by atoms with Crippen LogP contribution in [-0.4, -0.2) is 34.7 Å². The van der Waals surface area contributed by atoms with Gasteiger partial charge in [0.2, 0.25) is 0 Å². The van der Waals surface area contributed by atoms with Crippen molar-refractivity contribution in [1.82, 2.24) is 9.80 Å². The summed E-state index contributed by atoms with van der Waals surface area (Å²) in [6.45, 7) is 26.3. The van der Waals surface area contributed by atoms with Crippen LogP contribution < -0.4 is 5.73 Å². The van der Waals surface area contributed by atoms with E-state index in [9.17, 15) is 0 Å². The number of fused-ring (bicyclic) bond motifs is 4. The second kappa shape index (κ2) is 36.1. The van der Waals surface area contributed by atoms with Gasteiger partial charge >= 0.3 is 0 Å². The first-order chi connectivity index (χ1) is 46.0. The monoisotopic (exact) mass is 1360 g/mol. The summed E-state index contributed by atoms with van der Waals surface area (Å²) in [6.07, 6.45) is 41.4. The number of carbonyl (C=O) groups is 2. The molecule has 2 atom stereocenters. The predicted molar refractivity (Wildman–Crippen MR) is 418 cm³/mol. The van der Waals surface area contributed by atoms with Crippen LogP contribution in [0.25, 0.3) is 52.5 Å². The molecule has 9 rings (SSSR count). The standard InChI is InChI=1S/C86H123N3O2S4/c1-12-18-24-30-32-36-42-62(40-34-26-20-14-3)60-88-80(78-79(83(88)91)81(76-53-51-73(94-76)74-54-55-77(95-74)84(7,8)9)89(82(78)90)61-63(41-35-27-21-15-4)43-37-33-31-25-19-13-2)75-52-50-72(93-75)71-49-48-70(92-71)64-44-46-66-67-47-45-65(85(10,11)87)59-69(67)86(68(66)58-64,56-38-28-22-16-5)57-39-29-23-17-6/h44-55,58-59,62-63H,12-43,56-57,60-61,87H2,1-11H3. The van der Waals surface area contributed by atoms with Crippen LogP contribution in [0.15, 0.2) is 96.1 Å². The van der Waals surface area contributed by atoms with Gasteiger partial charge in [0.15, 0.2) is 0 Å². The molecule has 9 heteroatoms. The lowest BCUT2D eigenvalue weighted by molar-refractivity contribution is -0.124. The average Bonchev–Trinajstić information content (AvgIpc) is 1.56. The molecule has 6 aromatic rings. The van der Waals surface area contributed by atoms with Crippen LogP contribution in [0, 0.1) is 11.8 Å². The fourth-order valence-corrected chi connectivity index (χ4v) is 20.1. The Balaban J connectivity index is 1.14. The highest BCUT2D eigenvalue weighted by Gasteiger charge is 2.50. The number of rotatable bonds is 44. The molecule has 2 N–H and O–H groups in total. The SMILES string of the molecule is CCCCCCCCC(CCCCCC)CN1C(=O)C2=C(c3ccc(-c4ccc(C(C)(C)C)s4)s3)N(CC(CCCCCC)CCCCCCCC)C(=O)C2=C1c1ccc(-c2ccc(-c3ccc4c(c3)C(CCCCCC)(CCCCCC)c3cc(C(C)(C)N)ccc3-4)s2)s1. The van der Waals surface area contributed by atoms with E-state index in [-0.39, 0.29) is 22.6 Å². The Kier molecular flexibility index (Phi) is 28.4. The highest BCUT2D eigenvalue weighted by molar-refractivity contribution is 7.24. The Labute approximate surface area is 593 Å². The minimum Gasteiger partial charge on any atom is -0.322 e. The molecule has 0 bridgehead atoms. The molecule has 2 amide bonds. The summed E-state index contributed by atoms with van der Waals surface area (Å²) in [5, 5.41) is 0. The molecule has 95 heavy (non-hydrogen) atoms. The summed E-state index contributed by atoms with van der Waals surface area (Å²) >= 11 is 7.31. The molecular weight excluding hydrogens is 1240 g/mol. The molecule has 5 nitrogen and oxygen atoms in total. The third-order valence-corrected chi connectivity index (χ3v) is 26.6. The van der Waals surface area contributed by atoms with Gasteiger partial charge in [-0.2, -0.15) is 0 Å². The molecule has 2 unspecified atom stereocenters. The van der Waals surface area contributed by atoms with Gasteiger partial charge < -0.3 is 15.5 Å². The topological polar surface area (TPSA) is 66.6 Å². The van der Waals surface area contributed by atoms with Crippen molar-refractivity contribution < 1.29 is 9.59 Å². The van der Waals surface area contributed by atoms with Crippen LogP contribution in [-0.2, 0) is 26.0 Å². The van der Waals surface area contributed by atoms with Gasteiger partial charge in [-0.1, -0.05) is 272 Å². The maximum Gasteiger partial charge on any atom is 0.261 e. The molecule has 0 saturated carbocycles. The van der Waals surface area contributed by atoms with E-state index in [2.05, 4.69) is 171 Å². The van der Waals surface area contributed by atoms with Crippen molar-refractivity contribution in [2.24, 2.45) is 17.6 Å². The predicted octanol–water partition coefficient (Wildman–Crippen LogP) is 27.1. The largest absolute Gasteiger partial charge is 0.322 e. The number of hydrogen-bond donors (Lipinski definition) is 1. The minimum atomic E-state index is -0.430. The quantitative estimate of drug-likeness (QED) is 0.0388. The zero-order chi connectivity index (χ0) is 67.5. The van der Waals surface area contributed by atoms with Crippen LogP contribution in [0.3, 0.4) is 0 Å². The summed E-state index contributed by atoms with van der Waals surface area (Å²) in [7, 11) is 0. The second-order valence-corrected chi connectivity index (χ2v) is 35.0. The summed E-state index contributed by atoms with van der Waals surface area (Å²) in [5.41, 5.74) is 17.8. The molecule has 0 spiro atoms. The molecule has 6 heterocycles. The Morgan fingerprint density at radius 2 is 0.737 bits per heavy atom. The highest BCUT2D eigenvalue weighted by Crippen LogP contribution is 2.57. The van der Waals surface area contributed by atoms with Crippen molar-refractivity contribution in [2.45, 2.75) is 311 Å². The van der Waals surface area contributed by atoms with Crippen molar-refractivity contribution in [2.75, 3.05) is 13.1 Å². The van der Waals surface area contributed by atoms with Crippen LogP contribution in [0.5, 0.6) is 0 Å². The number of benzene rings is 2. The van der Waals surface area contributed by atoms with Crippen molar-refractivity contribution >= 4 is 68.6 Å². The van der Waals surface area contributed by atoms with E-state index in [0.717, 1.165) is 59.7 Å². The van der Waals surface area contributed by atoms with Crippen molar-refractivity contribution in [3.8, 4) is 41.1 Å². The van der Waals surface area contributed by atoms with E-state index in [1.807, 2.05) is 22.7 Å². The van der Waals surface area contributed by atoms with E-state index in [4.69, 9.17) is 5.73 Å². The Morgan fingerprint density at radius 1 is 0.389 bits per heavy atom. The number of carbonyl (C=O) groups excluding carboxylic acids is 2. The van der Waals surface area contributed by atoms with E-state index in [1.54, 1.807) is 22.7 Å². The van der Waals surface area contributed by atoms with E-state index in [0.29, 0.717) is 36.1 Å². The Bertz CT molecular complexity index is 3440. The van der Waals surface area contributed by atoms with Crippen LogP contribution in [0.2, 0.25) is 0 Å². The molecule has 4 aromatic heterocycles. The third kappa shape index (κ3) is 18.7. The molecule has 518 valence electrons. The zero-order valence-corrected chi connectivity index (χ0v) is 64.4. The van der Waals surface area contributed by atoms with Gasteiger partial charge in [-0.15, -0.1) is 45.3 Å². The lowest BCUT2D eigenvalue weighted by atomic mass is 9.69. The third-order valence-electron chi connectivity index (χ3n) is 21.3. The fourth-order valence-electron chi connectivity index (χ4n) is 15.7. The van der Waals surface area contributed by atoms with Gasteiger partial charge in [0.05, 0.1) is 32.3 Å². The molecule has 3 aliphatic rings. The van der Waals surface area contributed by atoms with Crippen molar-refractivity contribution in [3.63, 3.8) is 0 Å². The normalized spacial score (nSPS) is 15.3. The number of amides is 2. The maximum atomic E-state index is 16.3. The van der Waals surface area contributed by atoms with Gasteiger partial charge in [0.25, 0.3) is 11.8 Å². The molecule has 0 radical (unpaired) electrons. The van der Waals surface area contributed by atoms with Crippen molar-refractivity contribution in [1.29, 1.82) is 0 Å². The molecular formula is C86H123N3O2S4. The first kappa shape index (κ1) is 74.8. The van der Waals surface area contributed by atoms with Crippen molar-refractivity contribution in [3.05, 3.63) is 127 Å². The second-order valence-electron chi connectivity index (χ2n) is 30.7. The number of hydrogen-bond acceptors (Lipinski definition) is 7. The Morgan fingerprint density at radius 3 is 1.16 bits per heavy atom. The van der Waals surface area contributed by atoms with Crippen LogP contribution >= 0.6 is 45.3 Å². The number of nitrogens with two attached hydrogens (primary N) is 1. The molecule has 0 fully saturated rings. The lowest BCUT2D eigenvalue weighted by Crippen LogP contribution is -2.34. The molecule has 2 aromatic carbocycles. The maximum absolute atomic E-state index is 16.3. The summed E-state index contributed by atoms with van der Waals surface area (Å²) in [4.78, 5) is 46.6. The summed E-state index contributed by atoms with van der Waals surface area (Å²) in [6, 6.07) is 32.9. The van der Waals surface area contributed by atoms with E-state index < -0.39 is 5.54 Å². The Hall–Kier alpha value is -4.38. The zero-order valence-electron chi connectivity index (χ0n) is 61.1. The van der Waals surface area contributed by atoms with Gasteiger partial charge in [-0.05, 0) is 158 Å². The van der Waals surface area contributed by atoms with Crippen LogP contribution in [0.4, 0.5) is 0 Å². The molecule has 1 aliphatic carbocycles. The fraction of sp³-hybridized carbons (Fsp3) is 0.605. The minimum absolute atomic E-state index is 0.0285. The number of nitrogens with zero attached hydrogens (tertiary/aromatic N) is 2. The number of unbranched alkanes of at least 4 members (excludes halogenated alkanes) is 22. The summed E-state index contributed by atoms with van der Waals surface area (Å²) < 4.78 is 0.